The standard InChI is InChI=1S/H6O9P4/c1-11(2,3)10(12(4,5)6)13(7,8)9/h(H2,1,2,3)(H2,4,5,6)(H2,7,8,9). The Hall–Kier alpha value is 0.880. The molecule has 0 fully saturated rings. The van der Waals surface area contributed by atoms with Crippen molar-refractivity contribution in [3.8, 4) is 0 Å². The summed E-state index contributed by atoms with van der Waals surface area (Å²) in [6.45, 7) is -3.98. The van der Waals surface area contributed by atoms with Crippen LogP contribution in [0.5, 0.6) is 0 Å². The molecule has 9 nitrogen and oxygen atoms in total. The fourth-order valence-electron chi connectivity index (χ4n) is 0.455. The van der Waals surface area contributed by atoms with E-state index >= 15 is 0 Å². The van der Waals surface area contributed by atoms with Crippen LogP contribution in [-0.2, 0) is 13.7 Å². The zero-order valence-corrected chi connectivity index (χ0v) is 9.27. The van der Waals surface area contributed by atoms with Crippen molar-refractivity contribution < 1.29 is 43.1 Å². The Morgan fingerprint density at radius 2 is 0.769 bits per heavy atom. The third kappa shape index (κ3) is 4.28. The Kier molecular flexibility index (Phi) is 4.05. The van der Waals surface area contributed by atoms with Gasteiger partial charge in [-0.15, -0.1) is 0 Å². The van der Waals surface area contributed by atoms with E-state index in [0.29, 0.717) is 0 Å². The van der Waals surface area contributed by atoms with E-state index in [9.17, 15) is 13.7 Å². The fraction of sp³-hybridized carbons (Fsp3) is 0. The van der Waals surface area contributed by atoms with Gasteiger partial charge in [0.1, 0.15) is 0 Å². The average Bonchev–Trinajstić information content (AvgIpc) is 1.44. The van der Waals surface area contributed by atoms with Crippen LogP contribution in [-0.4, -0.2) is 29.4 Å². The van der Waals surface area contributed by atoms with Crippen LogP contribution in [0.15, 0.2) is 0 Å². The maximum absolute atomic E-state index is 10.4. The zero-order valence-electron chi connectivity index (χ0n) is 5.70. The highest BCUT2D eigenvalue weighted by molar-refractivity contribution is 8.82. The van der Waals surface area contributed by atoms with E-state index in [2.05, 4.69) is 0 Å². The van der Waals surface area contributed by atoms with Gasteiger partial charge in [0.05, 0.1) is 0 Å². The Morgan fingerprint density at radius 3 is 0.769 bits per heavy atom. The molecule has 0 aromatic rings. The molecule has 0 radical (unpaired) electrons. The van der Waals surface area contributed by atoms with Crippen LogP contribution in [0.4, 0.5) is 0 Å². The second-order valence-corrected chi connectivity index (χ2v) is 16.6. The lowest BCUT2D eigenvalue weighted by Gasteiger charge is -2.19. The van der Waals surface area contributed by atoms with Crippen LogP contribution >= 0.6 is 28.8 Å². The lowest BCUT2D eigenvalue weighted by atomic mass is 15.8. The Labute approximate surface area is 72.7 Å². The van der Waals surface area contributed by atoms with Gasteiger partial charge in [0.15, 0.2) is 0 Å². The Bertz CT molecular complexity index is 256. The average molecular weight is 274 g/mol. The molecule has 6 N–H and O–H groups in total. The SMILES string of the molecule is O=P(O)(O)P(P(=O)(O)O)P(=O)(O)O. The summed E-state index contributed by atoms with van der Waals surface area (Å²) in [5.74, 6) is 0. The number of rotatable bonds is 3. The molecule has 0 unspecified atom stereocenters. The summed E-state index contributed by atoms with van der Waals surface area (Å²) in [6, 6.07) is 0. The van der Waals surface area contributed by atoms with Crippen molar-refractivity contribution in [3.63, 3.8) is 0 Å². The molecule has 13 heavy (non-hydrogen) atoms. The molecule has 0 rings (SSSR count). The molecule has 0 aliphatic carbocycles. The van der Waals surface area contributed by atoms with E-state index in [0.717, 1.165) is 0 Å². The molecule has 0 heterocycles. The van der Waals surface area contributed by atoms with E-state index in [4.69, 9.17) is 29.4 Å². The molecule has 0 bridgehead atoms. The molecule has 0 atom stereocenters. The van der Waals surface area contributed by atoms with E-state index in [1.54, 1.807) is 0 Å². The van der Waals surface area contributed by atoms with Gasteiger partial charge in [0, 0.05) is 0 Å². The molecule has 0 spiro atoms. The highest BCUT2D eigenvalue weighted by Crippen LogP contribution is 3.02. The topological polar surface area (TPSA) is 173 Å². The minimum absolute atomic E-state index is 3.98. The highest BCUT2D eigenvalue weighted by Gasteiger charge is 2.56. The fourth-order valence-corrected chi connectivity index (χ4v) is 12.3. The summed E-state index contributed by atoms with van der Waals surface area (Å²) in [7, 11) is -16.4. The molecular weight excluding hydrogens is 268 g/mol. The normalized spacial score (nSPS) is 15.0. The summed E-state index contributed by atoms with van der Waals surface area (Å²) in [4.78, 5) is 49.8. The van der Waals surface area contributed by atoms with Crippen molar-refractivity contribution in [2.45, 2.75) is 0 Å². The molecule has 0 aromatic carbocycles. The van der Waals surface area contributed by atoms with Crippen molar-refractivity contribution in [1.82, 2.24) is 0 Å². The van der Waals surface area contributed by atoms with Crippen LogP contribution in [0, 0.1) is 0 Å². The van der Waals surface area contributed by atoms with Gasteiger partial charge in [0.2, 0.25) is 0 Å². The lowest BCUT2D eigenvalue weighted by molar-refractivity contribution is 0.383. The highest BCUT2D eigenvalue weighted by atomic mass is 32.8. The first kappa shape index (κ1) is 13.9. The predicted octanol–water partition coefficient (Wildman–Crippen LogP) is -0.254. The summed E-state index contributed by atoms with van der Waals surface area (Å²) in [6.07, 6.45) is 0. The van der Waals surface area contributed by atoms with Gasteiger partial charge in [-0.2, -0.15) is 0 Å². The molecule has 0 aliphatic heterocycles. The van der Waals surface area contributed by atoms with Gasteiger partial charge in [-0.05, 0) is 0 Å². The van der Waals surface area contributed by atoms with Gasteiger partial charge >= 0.3 is 21.9 Å². The van der Waals surface area contributed by atoms with E-state index < -0.39 is 28.8 Å². The first-order valence-corrected chi connectivity index (χ1v) is 10.6. The smallest absolute Gasteiger partial charge is 0.321 e. The summed E-state index contributed by atoms with van der Waals surface area (Å²) in [5, 5.41) is 0. The molecule has 0 aromatic heterocycles. The third-order valence-corrected chi connectivity index (χ3v) is 18.9. The molecule has 80 valence electrons. The predicted molar refractivity (Wildman–Crippen MR) is 43.1 cm³/mol. The minimum Gasteiger partial charge on any atom is -0.321 e. The molecular formula is H6O9P4. The largest absolute Gasteiger partial charge is 0.368 e. The van der Waals surface area contributed by atoms with Crippen LogP contribution < -0.4 is 0 Å². The van der Waals surface area contributed by atoms with Crippen LogP contribution in [0.3, 0.4) is 0 Å². The first-order chi connectivity index (χ1) is 5.37. The van der Waals surface area contributed by atoms with Crippen molar-refractivity contribution in [1.29, 1.82) is 0 Å². The summed E-state index contributed by atoms with van der Waals surface area (Å²) in [5.41, 5.74) is 0. The zero-order chi connectivity index (χ0) is 11.1. The van der Waals surface area contributed by atoms with Crippen LogP contribution in [0.25, 0.3) is 0 Å². The van der Waals surface area contributed by atoms with Crippen molar-refractivity contribution in [3.05, 3.63) is 0 Å². The maximum atomic E-state index is 10.4. The van der Waals surface area contributed by atoms with E-state index in [1.807, 2.05) is 0 Å². The van der Waals surface area contributed by atoms with Crippen molar-refractivity contribution in [2.75, 3.05) is 0 Å². The van der Waals surface area contributed by atoms with Gasteiger partial charge in [0.25, 0.3) is 6.99 Å². The first-order valence-electron chi connectivity index (χ1n) is 2.35. The molecule has 0 amide bonds. The van der Waals surface area contributed by atoms with Crippen LogP contribution in [0.1, 0.15) is 0 Å². The van der Waals surface area contributed by atoms with E-state index in [-0.39, 0.29) is 0 Å². The summed E-state index contributed by atoms with van der Waals surface area (Å²) < 4.78 is 31.1. The van der Waals surface area contributed by atoms with Gasteiger partial charge in [-0.25, -0.2) is 0 Å². The molecule has 0 saturated heterocycles. The monoisotopic (exact) mass is 274 g/mol. The van der Waals surface area contributed by atoms with Crippen molar-refractivity contribution >= 4 is 28.8 Å². The van der Waals surface area contributed by atoms with Gasteiger partial charge < -0.3 is 29.4 Å². The Morgan fingerprint density at radius 1 is 0.615 bits per heavy atom. The van der Waals surface area contributed by atoms with Crippen molar-refractivity contribution in [2.24, 2.45) is 0 Å². The third-order valence-electron chi connectivity index (χ3n) is 0.699. The lowest BCUT2D eigenvalue weighted by Crippen LogP contribution is -1.83. The number of hydrogen-bond acceptors (Lipinski definition) is 3. The second-order valence-electron chi connectivity index (χ2n) is 1.81. The van der Waals surface area contributed by atoms with Gasteiger partial charge in [-0.3, -0.25) is 13.7 Å². The minimum atomic E-state index is -5.48. The molecule has 13 heteroatoms. The van der Waals surface area contributed by atoms with Gasteiger partial charge in [-0.1, -0.05) is 0 Å². The quantitative estimate of drug-likeness (QED) is 0.379. The molecule has 0 aliphatic rings. The Balaban J connectivity index is 5.42. The maximum Gasteiger partial charge on any atom is 0.368 e. The van der Waals surface area contributed by atoms with Crippen LogP contribution in [0.2, 0.25) is 0 Å². The molecule has 0 saturated carbocycles. The second kappa shape index (κ2) is 3.80. The number of hydrogen-bond donors (Lipinski definition) is 6. The summed E-state index contributed by atoms with van der Waals surface area (Å²) >= 11 is 0. The van der Waals surface area contributed by atoms with E-state index in [1.165, 1.54) is 0 Å².